The van der Waals surface area contributed by atoms with Gasteiger partial charge in [-0.15, -0.1) is 10.2 Å². The van der Waals surface area contributed by atoms with E-state index in [9.17, 15) is 0 Å². The van der Waals surface area contributed by atoms with Crippen molar-refractivity contribution < 1.29 is 0 Å². The van der Waals surface area contributed by atoms with Crippen LogP contribution in [0, 0.1) is 6.92 Å². The summed E-state index contributed by atoms with van der Waals surface area (Å²) in [5, 5.41) is 8.29. The standard InChI is InChI=1S/C12H20N6/c1-3-4-7-17(8-5-13)11-12-16-15-10(2)18(12)9-6-14-11/h6,9H,3-5,7-8,13H2,1-2H3. The number of hydrogen-bond acceptors (Lipinski definition) is 5. The van der Waals surface area contributed by atoms with Crippen LogP contribution < -0.4 is 10.6 Å². The lowest BCUT2D eigenvalue weighted by atomic mass is 10.3. The maximum absolute atomic E-state index is 5.68. The van der Waals surface area contributed by atoms with E-state index in [-0.39, 0.29) is 0 Å². The van der Waals surface area contributed by atoms with Gasteiger partial charge in [-0.05, 0) is 13.3 Å². The molecule has 0 unspecified atom stereocenters. The van der Waals surface area contributed by atoms with E-state index >= 15 is 0 Å². The predicted molar refractivity (Wildman–Crippen MR) is 71.7 cm³/mol. The van der Waals surface area contributed by atoms with E-state index in [0.717, 1.165) is 43.2 Å². The Morgan fingerprint density at radius 1 is 1.33 bits per heavy atom. The van der Waals surface area contributed by atoms with Crippen molar-refractivity contribution in [3.05, 3.63) is 18.2 Å². The molecule has 0 saturated heterocycles. The van der Waals surface area contributed by atoms with Crippen LogP contribution in [0.2, 0.25) is 0 Å². The molecule has 6 nitrogen and oxygen atoms in total. The van der Waals surface area contributed by atoms with Crippen molar-refractivity contribution in [2.75, 3.05) is 24.5 Å². The Morgan fingerprint density at radius 2 is 2.17 bits per heavy atom. The van der Waals surface area contributed by atoms with E-state index < -0.39 is 0 Å². The second kappa shape index (κ2) is 5.77. The Kier molecular flexibility index (Phi) is 4.09. The number of aryl methyl sites for hydroxylation is 1. The second-order valence-corrected chi connectivity index (χ2v) is 4.32. The number of rotatable bonds is 6. The lowest BCUT2D eigenvalue weighted by Gasteiger charge is -2.22. The lowest BCUT2D eigenvalue weighted by Crippen LogP contribution is -2.31. The van der Waals surface area contributed by atoms with Gasteiger partial charge in [-0.2, -0.15) is 0 Å². The molecule has 0 bridgehead atoms. The van der Waals surface area contributed by atoms with Gasteiger partial charge < -0.3 is 10.6 Å². The van der Waals surface area contributed by atoms with E-state index in [2.05, 4.69) is 27.0 Å². The zero-order valence-corrected chi connectivity index (χ0v) is 11.0. The van der Waals surface area contributed by atoms with E-state index in [4.69, 9.17) is 5.73 Å². The third-order valence-corrected chi connectivity index (χ3v) is 2.96. The Balaban J connectivity index is 2.36. The van der Waals surface area contributed by atoms with Gasteiger partial charge in [0.2, 0.25) is 5.65 Å². The normalized spacial score (nSPS) is 11.1. The summed E-state index contributed by atoms with van der Waals surface area (Å²) in [5.74, 6) is 1.74. The third kappa shape index (κ3) is 2.43. The SMILES string of the molecule is CCCCN(CCN)c1nccn2c(C)nnc12. The number of anilines is 1. The van der Waals surface area contributed by atoms with Gasteiger partial charge >= 0.3 is 0 Å². The highest BCUT2D eigenvalue weighted by Crippen LogP contribution is 2.17. The molecule has 2 heterocycles. The first kappa shape index (κ1) is 12.8. The van der Waals surface area contributed by atoms with Crippen molar-refractivity contribution >= 4 is 11.5 Å². The van der Waals surface area contributed by atoms with Crippen LogP contribution in [0.1, 0.15) is 25.6 Å². The molecule has 0 atom stereocenters. The van der Waals surface area contributed by atoms with Gasteiger partial charge in [0.25, 0.3) is 0 Å². The molecular weight excluding hydrogens is 228 g/mol. The first-order chi connectivity index (χ1) is 8.77. The molecule has 2 rings (SSSR count). The smallest absolute Gasteiger partial charge is 0.203 e. The van der Waals surface area contributed by atoms with Crippen LogP contribution in [-0.4, -0.2) is 39.2 Å². The minimum absolute atomic E-state index is 0.611. The quantitative estimate of drug-likeness (QED) is 0.825. The van der Waals surface area contributed by atoms with Gasteiger partial charge in [0.05, 0.1) is 0 Å². The van der Waals surface area contributed by atoms with Gasteiger partial charge in [0, 0.05) is 32.0 Å². The molecule has 2 N–H and O–H groups in total. The van der Waals surface area contributed by atoms with Crippen molar-refractivity contribution in [2.45, 2.75) is 26.7 Å². The highest BCUT2D eigenvalue weighted by atomic mass is 15.3. The van der Waals surface area contributed by atoms with Gasteiger partial charge in [-0.25, -0.2) is 4.98 Å². The molecule has 0 aliphatic carbocycles. The first-order valence-corrected chi connectivity index (χ1v) is 6.39. The third-order valence-electron chi connectivity index (χ3n) is 2.96. The van der Waals surface area contributed by atoms with Crippen LogP contribution in [-0.2, 0) is 0 Å². The van der Waals surface area contributed by atoms with E-state index in [1.165, 1.54) is 0 Å². The maximum Gasteiger partial charge on any atom is 0.203 e. The average molecular weight is 248 g/mol. The minimum atomic E-state index is 0.611. The summed E-state index contributed by atoms with van der Waals surface area (Å²) in [6.45, 7) is 6.46. The van der Waals surface area contributed by atoms with Gasteiger partial charge in [0.1, 0.15) is 5.82 Å². The van der Waals surface area contributed by atoms with E-state index in [0.29, 0.717) is 6.54 Å². The average Bonchev–Trinajstić information content (AvgIpc) is 2.77. The monoisotopic (exact) mass is 248 g/mol. The molecule has 0 saturated carbocycles. The van der Waals surface area contributed by atoms with Gasteiger partial charge in [0.15, 0.2) is 5.82 Å². The molecule has 0 radical (unpaired) electrons. The number of nitrogens with zero attached hydrogens (tertiary/aromatic N) is 5. The predicted octanol–water partition coefficient (Wildman–Crippen LogP) is 0.998. The summed E-state index contributed by atoms with van der Waals surface area (Å²) in [7, 11) is 0. The summed E-state index contributed by atoms with van der Waals surface area (Å²) < 4.78 is 1.96. The van der Waals surface area contributed by atoms with Crippen LogP contribution in [0.3, 0.4) is 0 Å². The maximum atomic E-state index is 5.68. The van der Waals surface area contributed by atoms with Crippen LogP contribution in [0.15, 0.2) is 12.4 Å². The summed E-state index contributed by atoms with van der Waals surface area (Å²) in [6, 6.07) is 0. The zero-order valence-electron chi connectivity index (χ0n) is 11.0. The van der Waals surface area contributed by atoms with Gasteiger partial charge in [-0.1, -0.05) is 13.3 Å². The summed E-state index contributed by atoms with van der Waals surface area (Å²) >= 11 is 0. The van der Waals surface area contributed by atoms with Crippen molar-refractivity contribution in [1.29, 1.82) is 0 Å². The number of aromatic nitrogens is 4. The summed E-state index contributed by atoms with van der Waals surface area (Å²) in [6.07, 6.45) is 5.94. The Labute approximate surface area is 107 Å². The minimum Gasteiger partial charge on any atom is -0.352 e. The molecule has 0 aromatic carbocycles. The zero-order chi connectivity index (χ0) is 13.0. The molecule has 0 aliphatic rings. The van der Waals surface area contributed by atoms with Crippen molar-refractivity contribution in [2.24, 2.45) is 5.73 Å². The van der Waals surface area contributed by atoms with Crippen molar-refractivity contribution in [3.63, 3.8) is 0 Å². The van der Waals surface area contributed by atoms with Crippen LogP contribution in [0.4, 0.5) is 5.82 Å². The van der Waals surface area contributed by atoms with E-state index in [1.54, 1.807) is 6.20 Å². The Bertz CT molecular complexity index is 506. The molecule has 2 aromatic rings. The number of hydrogen-bond donors (Lipinski definition) is 1. The van der Waals surface area contributed by atoms with Gasteiger partial charge in [-0.3, -0.25) is 4.40 Å². The van der Waals surface area contributed by atoms with E-state index in [1.807, 2.05) is 17.5 Å². The first-order valence-electron chi connectivity index (χ1n) is 6.39. The molecule has 0 aliphatic heterocycles. The Morgan fingerprint density at radius 3 is 2.89 bits per heavy atom. The second-order valence-electron chi connectivity index (χ2n) is 4.32. The summed E-state index contributed by atoms with van der Waals surface area (Å²) in [4.78, 5) is 6.63. The molecular formula is C12H20N6. The van der Waals surface area contributed by atoms with Crippen LogP contribution >= 0.6 is 0 Å². The van der Waals surface area contributed by atoms with Crippen molar-refractivity contribution in [1.82, 2.24) is 19.6 Å². The number of fused-ring (bicyclic) bond motifs is 1. The molecule has 2 aromatic heterocycles. The number of unbranched alkanes of at least 4 members (excludes halogenated alkanes) is 1. The fourth-order valence-corrected chi connectivity index (χ4v) is 1.98. The molecule has 98 valence electrons. The fourth-order valence-electron chi connectivity index (χ4n) is 1.98. The fraction of sp³-hybridized carbons (Fsp3) is 0.583. The highest BCUT2D eigenvalue weighted by Gasteiger charge is 2.13. The molecule has 0 spiro atoms. The van der Waals surface area contributed by atoms with Crippen LogP contribution in [0.5, 0.6) is 0 Å². The molecule has 0 amide bonds. The topological polar surface area (TPSA) is 72.3 Å². The largest absolute Gasteiger partial charge is 0.352 e. The van der Waals surface area contributed by atoms with Crippen LogP contribution in [0.25, 0.3) is 5.65 Å². The molecule has 6 heteroatoms. The summed E-state index contributed by atoms with van der Waals surface area (Å²) in [5.41, 5.74) is 6.48. The molecule has 0 fully saturated rings. The number of nitrogens with two attached hydrogens (primary N) is 1. The molecule has 18 heavy (non-hydrogen) atoms. The lowest BCUT2D eigenvalue weighted by molar-refractivity contribution is 0.707. The highest BCUT2D eigenvalue weighted by molar-refractivity contribution is 5.63. The Hall–Kier alpha value is -1.69. The van der Waals surface area contributed by atoms with Crippen molar-refractivity contribution in [3.8, 4) is 0 Å².